The number of hydrogen-bond acceptors (Lipinski definition) is 1. The summed E-state index contributed by atoms with van der Waals surface area (Å²) >= 11 is 0. The van der Waals surface area contributed by atoms with Gasteiger partial charge in [-0.05, 0) is 36.1 Å². The molecule has 1 aromatic rings. The summed E-state index contributed by atoms with van der Waals surface area (Å²) in [5.41, 5.74) is 6.81. The summed E-state index contributed by atoms with van der Waals surface area (Å²) < 4.78 is 37.5. The lowest BCUT2D eigenvalue weighted by Crippen LogP contribution is -2.20. The van der Waals surface area contributed by atoms with Crippen LogP contribution in [0.2, 0.25) is 0 Å². The number of nitrogens with two attached hydrogens (primary N) is 1. The molecule has 0 aliphatic carbocycles. The van der Waals surface area contributed by atoms with Gasteiger partial charge < -0.3 is 5.73 Å². The Morgan fingerprint density at radius 1 is 1.29 bits per heavy atom. The number of alkyl halides is 3. The van der Waals surface area contributed by atoms with Gasteiger partial charge in [-0.25, -0.2) is 0 Å². The smallest absolute Gasteiger partial charge is 0.324 e. The highest BCUT2D eigenvalue weighted by Gasteiger charge is 2.31. The number of halogens is 3. The minimum Gasteiger partial charge on any atom is -0.324 e. The van der Waals surface area contributed by atoms with Gasteiger partial charge in [0.25, 0.3) is 0 Å². The molecule has 0 aliphatic heterocycles. The zero-order valence-corrected chi connectivity index (χ0v) is 10.3. The molecule has 0 fully saturated rings. The second kappa shape index (κ2) is 5.08. The van der Waals surface area contributed by atoms with Crippen molar-refractivity contribution in [3.63, 3.8) is 0 Å². The van der Waals surface area contributed by atoms with Crippen molar-refractivity contribution in [2.45, 2.75) is 39.4 Å². The first-order valence-electron chi connectivity index (χ1n) is 5.70. The van der Waals surface area contributed by atoms with Crippen LogP contribution in [0.25, 0.3) is 0 Å². The predicted octanol–water partition coefficient (Wildman–Crippen LogP) is 4.06. The average molecular weight is 245 g/mol. The lowest BCUT2D eigenvalue weighted by atomic mass is 9.90. The first-order chi connectivity index (χ1) is 7.77. The maximum absolute atomic E-state index is 12.5. The molecule has 2 N–H and O–H groups in total. The van der Waals surface area contributed by atoms with E-state index in [9.17, 15) is 13.2 Å². The van der Waals surface area contributed by atoms with Crippen LogP contribution in [0, 0.1) is 12.8 Å². The van der Waals surface area contributed by atoms with E-state index in [0.29, 0.717) is 5.56 Å². The van der Waals surface area contributed by atoms with Gasteiger partial charge in [-0.1, -0.05) is 26.3 Å². The summed E-state index contributed by atoms with van der Waals surface area (Å²) in [6.07, 6.45) is -3.38. The second-order valence-electron chi connectivity index (χ2n) is 4.48. The Morgan fingerprint density at radius 3 is 2.29 bits per heavy atom. The molecule has 0 amide bonds. The largest absolute Gasteiger partial charge is 0.416 e. The van der Waals surface area contributed by atoms with Crippen molar-refractivity contribution < 1.29 is 13.2 Å². The summed E-state index contributed by atoms with van der Waals surface area (Å²) in [5.74, 6) is 0.255. The molecular weight excluding hydrogens is 227 g/mol. The topological polar surface area (TPSA) is 26.0 Å². The molecule has 0 spiro atoms. The fraction of sp³-hybridized carbons (Fsp3) is 0.538. The first-order valence-corrected chi connectivity index (χ1v) is 5.70. The van der Waals surface area contributed by atoms with Gasteiger partial charge in [0.2, 0.25) is 0 Å². The van der Waals surface area contributed by atoms with Crippen molar-refractivity contribution in [3.05, 3.63) is 34.9 Å². The number of aryl methyl sites for hydroxylation is 1. The molecule has 0 saturated heterocycles. The zero-order chi connectivity index (χ0) is 13.2. The van der Waals surface area contributed by atoms with E-state index in [2.05, 4.69) is 0 Å². The van der Waals surface area contributed by atoms with Crippen LogP contribution in [0.4, 0.5) is 13.2 Å². The zero-order valence-electron chi connectivity index (χ0n) is 10.3. The highest BCUT2D eigenvalue weighted by atomic mass is 19.4. The molecule has 0 bridgehead atoms. The van der Waals surface area contributed by atoms with E-state index in [4.69, 9.17) is 5.73 Å². The number of benzene rings is 1. The Bertz CT molecular complexity index is 385. The van der Waals surface area contributed by atoms with Gasteiger partial charge in [-0.2, -0.15) is 13.2 Å². The third kappa shape index (κ3) is 3.22. The summed E-state index contributed by atoms with van der Waals surface area (Å²) in [6, 6.07) is 3.55. The quantitative estimate of drug-likeness (QED) is 0.853. The van der Waals surface area contributed by atoms with E-state index in [1.807, 2.05) is 13.8 Å². The van der Waals surface area contributed by atoms with Gasteiger partial charge >= 0.3 is 6.18 Å². The first kappa shape index (κ1) is 14.0. The van der Waals surface area contributed by atoms with Gasteiger partial charge in [-0.3, -0.25) is 0 Å². The van der Waals surface area contributed by atoms with E-state index in [1.54, 1.807) is 6.92 Å². The molecule has 0 heterocycles. The Hall–Kier alpha value is -1.03. The summed E-state index contributed by atoms with van der Waals surface area (Å²) in [4.78, 5) is 0. The van der Waals surface area contributed by atoms with Crippen LogP contribution in [0.15, 0.2) is 18.2 Å². The van der Waals surface area contributed by atoms with Crippen LogP contribution in [0.5, 0.6) is 0 Å². The second-order valence-corrected chi connectivity index (χ2v) is 4.48. The fourth-order valence-electron chi connectivity index (χ4n) is 1.79. The lowest BCUT2D eigenvalue weighted by Gasteiger charge is -2.21. The van der Waals surface area contributed by atoms with Crippen molar-refractivity contribution in [1.82, 2.24) is 0 Å². The van der Waals surface area contributed by atoms with Gasteiger partial charge in [0.05, 0.1) is 5.56 Å². The van der Waals surface area contributed by atoms with Crippen molar-refractivity contribution in [2.24, 2.45) is 11.7 Å². The van der Waals surface area contributed by atoms with Crippen LogP contribution >= 0.6 is 0 Å². The summed E-state index contributed by atoms with van der Waals surface area (Å²) in [5, 5.41) is 0. The highest BCUT2D eigenvalue weighted by molar-refractivity contribution is 5.34. The van der Waals surface area contributed by atoms with Crippen LogP contribution < -0.4 is 5.73 Å². The van der Waals surface area contributed by atoms with Gasteiger partial charge in [-0.15, -0.1) is 0 Å². The molecular formula is C13H18F3N. The van der Waals surface area contributed by atoms with Gasteiger partial charge in [0, 0.05) is 6.04 Å². The number of hydrogen-bond donors (Lipinski definition) is 1. The normalized spacial score (nSPS) is 15.7. The summed E-state index contributed by atoms with van der Waals surface area (Å²) in [6.45, 7) is 5.69. The SMILES string of the molecule is CCC(C)C(N)c1ccc(C(F)(F)F)cc1C. The van der Waals surface area contributed by atoms with E-state index in [0.717, 1.165) is 24.1 Å². The van der Waals surface area contributed by atoms with Crippen molar-refractivity contribution in [1.29, 1.82) is 0 Å². The van der Waals surface area contributed by atoms with Gasteiger partial charge in [0.15, 0.2) is 0 Å². The average Bonchev–Trinajstić information content (AvgIpc) is 2.25. The van der Waals surface area contributed by atoms with Crippen LogP contribution in [0.1, 0.15) is 43.0 Å². The molecule has 2 unspecified atom stereocenters. The Kier molecular flexibility index (Phi) is 4.20. The van der Waals surface area contributed by atoms with E-state index >= 15 is 0 Å². The Morgan fingerprint density at radius 2 is 1.88 bits per heavy atom. The Balaban J connectivity index is 3.06. The maximum Gasteiger partial charge on any atom is 0.416 e. The van der Waals surface area contributed by atoms with Crippen molar-refractivity contribution in [2.75, 3.05) is 0 Å². The lowest BCUT2D eigenvalue weighted by molar-refractivity contribution is -0.137. The maximum atomic E-state index is 12.5. The third-order valence-electron chi connectivity index (χ3n) is 3.21. The highest BCUT2D eigenvalue weighted by Crippen LogP contribution is 2.32. The molecule has 0 aliphatic rings. The van der Waals surface area contributed by atoms with Crippen LogP contribution in [0.3, 0.4) is 0 Å². The van der Waals surface area contributed by atoms with E-state index in [-0.39, 0.29) is 12.0 Å². The molecule has 17 heavy (non-hydrogen) atoms. The van der Waals surface area contributed by atoms with E-state index < -0.39 is 11.7 Å². The molecule has 1 aromatic carbocycles. The molecule has 1 nitrogen and oxygen atoms in total. The monoisotopic (exact) mass is 245 g/mol. The van der Waals surface area contributed by atoms with Crippen LogP contribution in [-0.4, -0.2) is 0 Å². The van der Waals surface area contributed by atoms with Gasteiger partial charge in [0.1, 0.15) is 0 Å². The minimum absolute atomic E-state index is 0.206. The molecule has 0 aromatic heterocycles. The molecule has 0 radical (unpaired) electrons. The van der Waals surface area contributed by atoms with Crippen molar-refractivity contribution >= 4 is 0 Å². The van der Waals surface area contributed by atoms with Crippen LogP contribution in [-0.2, 0) is 6.18 Å². The molecule has 4 heteroatoms. The standard InChI is InChI=1S/C13H18F3N/c1-4-8(2)12(17)11-6-5-10(7-9(11)3)13(14,15)16/h5-8,12H,4,17H2,1-3H3. The third-order valence-corrected chi connectivity index (χ3v) is 3.21. The molecule has 0 saturated carbocycles. The molecule has 2 atom stereocenters. The van der Waals surface area contributed by atoms with E-state index in [1.165, 1.54) is 6.07 Å². The summed E-state index contributed by atoms with van der Waals surface area (Å²) in [7, 11) is 0. The molecule has 96 valence electrons. The Labute approximate surface area is 99.8 Å². The fourth-order valence-corrected chi connectivity index (χ4v) is 1.79. The predicted molar refractivity (Wildman–Crippen MR) is 62.6 cm³/mol. The number of rotatable bonds is 3. The minimum atomic E-state index is -4.29. The molecule has 1 rings (SSSR count). The van der Waals surface area contributed by atoms with Crippen molar-refractivity contribution in [3.8, 4) is 0 Å².